The third kappa shape index (κ3) is 1.78. The SMILES string of the molecule is O=C(c1cccc2ccccc12)C1OCC2CNCC21. The number of nitrogens with one attached hydrogen (secondary N) is 1. The summed E-state index contributed by atoms with van der Waals surface area (Å²) >= 11 is 0. The van der Waals surface area contributed by atoms with E-state index in [0.717, 1.165) is 29.4 Å². The zero-order chi connectivity index (χ0) is 13.5. The van der Waals surface area contributed by atoms with Crippen LogP contribution in [0.5, 0.6) is 0 Å². The molecule has 0 amide bonds. The number of carbonyl (C=O) groups excluding carboxylic acids is 1. The summed E-state index contributed by atoms with van der Waals surface area (Å²) in [6.45, 7) is 2.58. The highest BCUT2D eigenvalue weighted by Crippen LogP contribution is 2.33. The Morgan fingerprint density at radius 2 is 1.95 bits per heavy atom. The van der Waals surface area contributed by atoms with Gasteiger partial charge in [-0.1, -0.05) is 42.5 Å². The maximum Gasteiger partial charge on any atom is 0.192 e. The number of hydrogen-bond acceptors (Lipinski definition) is 3. The Balaban J connectivity index is 1.74. The average molecular weight is 267 g/mol. The average Bonchev–Trinajstić information content (AvgIpc) is 3.09. The highest BCUT2D eigenvalue weighted by atomic mass is 16.5. The van der Waals surface area contributed by atoms with Crippen molar-refractivity contribution in [2.45, 2.75) is 6.10 Å². The minimum atomic E-state index is -0.277. The fraction of sp³-hybridized carbons (Fsp3) is 0.353. The van der Waals surface area contributed by atoms with Crippen LogP contribution in [0.1, 0.15) is 10.4 Å². The molecule has 0 radical (unpaired) electrons. The van der Waals surface area contributed by atoms with Crippen LogP contribution in [0.3, 0.4) is 0 Å². The van der Waals surface area contributed by atoms with E-state index in [9.17, 15) is 4.79 Å². The van der Waals surface area contributed by atoms with Gasteiger partial charge in [-0.2, -0.15) is 0 Å². The maximum atomic E-state index is 12.9. The van der Waals surface area contributed by atoms with E-state index >= 15 is 0 Å². The van der Waals surface area contributed by atoms with E-state index < -0.39 is 0 Å². The third-order valence-electron chi connectivity index (χ3n) is 4.58. The first kappa shape index (κ1) is 12.1. The Kier molecular flexibility index (Phi) is 2.83. The first-order chi connectivity index (χ1) is 9.84. The largest absolute Gasteiger partial charge is 0.369 e. The molecule has 102 valence electrons. The lowest BCUT2D eigenvalue weighted by Crippen LogP contribution is -2.30. The molecule has 3 atom stereocenters. The van der Waals surface area contributed by atoms with Crippen molar-refractivity contribution in [3.05, 3.63) is 48.0 Å². The van der Waals surface area contributed by atoms with Crippen LogP contribution in [0.25, 0.3) is 10.8 Å². The predicted octanol–water partition coefficient (Wildman–Crippen LogP) is 2.26. The fourth-order valence-electron chi connectivity index (χ4n) is 3.50. The van der Waals surface area contributed by atoms with Gasteiger partial charge in [0.25, 0.3) is 0 Å². The fourth-order valence-corrected chi connectivity index (χ4v) is 3.50. The van der Waals surface area contributed by atoms with Gasteiger partial charge in [-0.15, -0.1) is 0 Å². The van der Waals surface area contributed by atoms with E-state index in [0.29, 0.717) is 18.4 Å². The normalized spacial score (nSPS) is 28.7. The van der Waals surface area contributed by atoms with Gasteiger partial charge < -0.3 is 10.1 Å². The number of ether oxygens (including phenoxy) is 1. The maximum absolute atomic E-state index is 12.9. The highest BCUT2D eigenvalue weighted by molar-refractivity contribution is 6.10. The molecule has 0 aromatic heterocycles. The number of ketones is 1. The van der Waals surface area contributed by atoms with Crippen molar-refractivity contribution in [2.75, 3.05) is 19.7 Å². The van der Waals surface area contributed by atoms with Crippen LogP contribution in [0.2, 0.25) is 0 Å². The van der Waals surface area contributed by atoms with E-state index in [2.05, 4.69) is 5.32 Å². The molecule has 3 unspecified atom stereocenters. The first-order valence-corrected chi connectivity index (χ1v) is 7.19. The standard InChI is InChI=1S/C17H17NO2/c19-16(17-15-9-18-8-12(15)10-20-17)14-7-3-5-11-4-1-2-6-13(11)14/h1-7,12,15,17-18H,8-10H2. The zero-order valence-electron chi connectivity index (χ0n) is 11.2. The van der Waals surface area contributed by atoms with Gasteiger partial charge in [0.2, 0.25) is 0 Å². The Labute approximate surface area is 117 Å². The van der Waals surface area contributed by atoms with Gasteiger partial charge in [-0.05, 0) is 10.8 Å². The van der Waals surface area contributed by atoms with Crippen LogP contribution in [0.4, 0.5) is 0 Å². The number of Topliss-reactive ketones (excluding diaryl/α,β-unsaturated/α-hetero) is 1. The van der Waals surface area contributed by atoms with Crippen LogP contribution in [-0.4, -0.2) is 31.6 Å². The van der Waals surface area contributed by atoms with Crippen LogP contribution < -0.4 is 5.32 Å². The zero-order valence-corrected chi connectivity index (χ0v) is 11.2. The third-order valence-corrected chi connectivity index (χ3v) is 4.58. The summed E-state index contributed by atoms with van der Waals surface area (Å²) in [5.74, 6) is 0.971. The van der Waals surface area contributed by atoms with Crippen molar-refractivity contribution in [3.8, 4) is 0 Å². The molecule has 3 nitrogen and oxygen atoms in total. The van der Waals surface area contributed by atoms with Crippen molar-refractivity contribution in [1.29, 1.82) is 0 Å². The van der Waals surface area contributed by atoms with Gasteiger partial charge in [-0.3, -0.25) is 4.79 Å². The molecule has 2 aromatic carbocycles. The summed E-state index contributed by atoms with van der Waals surface area (Å²) < 4.78 is 5.80. The molecule has 2 fully saturated rings. The van der Waals surface area contributed by atoms with Crippen molar-refractivity contribution in [1.82, 2.24) is 5.32 Å². The number of carbonyl (C=O) groups is 1. The van der Waals surface area contributed by atoms with Gasteiger partial charge in [0, 0.05) is 30.5 Å². The van der Waals surface area contributed by atoms with Crippen LogP contribution >= 0.6 is 0 Å². The van der Waals surface area contributed by atoms with Crippen LogP contribution in [0, 0.1) is 11.8 Å². The molecule has 2 aromatic rings. The quantitative estimate of drug-likeness (QED) is 0.848. The number of rotatable bonds is 2. The highest BCUT2D eigenvalue weighted by Gasteiger charge is 2.44. The molecular weight excluding hydrogens is 250 g/mol. The molecule has 0 bridgehead atoms. The second kappa shape index (κ2) is 4.69. The molecule has 20 heavy (non-hydrogen) atoms. The summed E-state index contributed by atoms with van der Waals surface area (Å²) in [4.78, 5) is 12.9. The number of benzene rings is 2. The monoisotopic (exact) mass is 267 g/mol. The van der Waals surface area contributed by atoms with Gasteiger partial charge in [0.15, 0.2) is 5.78 Å². The second-order valence-corrected chi connectivity index (χ2v) is 5.73. The number of hydrogen-bond donors (Lipinski definition) is 1. The number of fused-ring (bicyclic) bond motifs is 2. The molecule has 2 aliphatic rings. The predicted molar refractivity (Wildman–Crippen MR) is 77.9 cm³/mol. The van der Waals surface area contributed by atoms with E-state index in [1.807, 2.05) is 42.5 Å². The van der Waals surface area contributed by atoms with Gasteiger partial charge in [-0.25, -0.2) is 0 Å². The van der Waals surface area contributed by atoms with E-state index in [4.69, 9.17) is 4.74 Å². The minimum absolute atomic E-state index is 0.137. The molecule has 2 heterocycles. The summed E-state index contributed by atoms with van der Waals surface area (Å²) in [6, 6.07) is 14.0. The molecule has 3 heteroatoms. The molecule has 1 N–H and O–H groups in total. The Bertz CT molecular complexity index is 662. The second-order valence-electron chi connectivity index (χ2n) is 5.73. The van der Waals surface area contributed by atoms with Gasteiger partial charge >= 0.3 is 0 Å². The van der Waals surface area contributed by atoms with Crippen LogP contribution in [0.15, 0.2) is 42.5 Å². The molecular formula is C17H17NO2. The molecule has 0 aliphatic carbocycles. The summed E-state index contributed by atoms with van der Waals surface area (Å²) in [6.07, 6.45) is -0.277. The van der Waals surface area contributed by atoms with Crippen molar-refractivity contribution < 1.29 is 9.53 Å². The smallest absolute Gasteiger partial charge is 0.192 e. The topological polar surface area (TPSA) is 38.3 Å². The minimum Gasteiger partial charge on any atom is -0.369 e. The summed E-state index contributed by atoms with van der Waals surface area (Å²) in [5, 5.41) is 5.50. The Morgan fingerprint density at radius 3 is 2.90 bits per heavy atom. The van der Waals surface area contributed by atoms with Crippen molar-refractivity contribution >= 4 is 16.6 Å². The van der Waals surface area contributed by atoms with E-state index in [-0.39, 0.29) is 11.9 Å². The lowest BCUT2D eigenvalue weighted by molar-refractivity contribution is 0.0561. The first-order valence-electron chi connectivity index (χ1n) is 7.19. The van der Waals surface area contributed by atoms with Crippen molar-refractivity contribution in [2.24, 2.45) is 11.8 Å². The van der Waals surface area contributed by atoms with Crippen LogP contribution in [-0.2, 0) is 4.74 Å². The molecule has 2 aliphatic heterocycles. The van der Waals surface area contributed by atoms with E-state index in [1.54, 1.807) is 0 Å². The lowest BCUT2D eigenvalue weighted by atomic mass is 9.88. The summed E-state index contributed by atoms with van der Waals surface area (Å²) in [5.41, 5.74) is 0.792. The molecule has 0 saturated carbocycles. The Hall–Kier alpha value is -1.71. The Morgan fingerprint density at radius 1 is 1.10 bits per heavy atom. The van der Waals surface area contributed by atoms with Gasteiger partial charge in [0.1, 0.15) is 6.10 Å². The van der Waals surface area contributed by atoms with Gasteiger partial charge in [0.05, 0.1) is 6.61 Å². The molecule has 2 saturated heterocycles. The van der Waals surface area contributed by atoms with E-state index in [1.165, 1.54) is 0 Å². The molecule has 0 spiro atoms. The lowest BCUT2D eigenvalue weighted by Gasteiger charge is -2.16. The molecule has 4 rings (SSSR count). The van der Waals surface area contributed by atoms with Crippen molar-refractivity contribution in [3.63, 3.8) is 0 Å². The summed E-state index contributed by atoms with van der Waals surface area (Å²) in [7, 11) is 0.